The first-order chi connectivity index (χ1) is 5.59. The average molecular weight is 230 g/mol. The maximum Gasteiger partial charge on any atom is 0.251 e. The van der Waals surface area contributed by atoms with Crippen molar-refractivity contribution in [2.45, 2.75) is 20.4 Å². The van der Waals surface area contributed by atoms with Crippen molar-refractivity contribution in [2.24, 2.45) is 5.92 Å². The lowest BCUT2D eigenvalue weighted by atomic mass is 10.2. The molecule has 1 aromatic heterocycles. The molecular weight excluding hydrogens is 218 g/mol. The van der Waals surface area contributed by atoms with E-state index in [-0.39, 0.29) is 5.56 Å². The first-order valence-corrected chi connectivity index (χ1v) is 4.75. The van der Waals surface area contributed by atoms with E-state index in [1.54, 1.807) is 10.6 Å². The number of nitrogens with zero attached hydrogens (tertiary/aromatic N) is 1. The van der Waals surface area contributed by atoms with Crippen molar-refractivity contribution in [1.29, 1.82) is 0 Å². The zero-order valence-corrected chi connectivity index (χ0v) is 8.84. The van der Waals surface area contributed by atoms with E-state index in [4.69, 9.17) is 0 Å². The van der Waals surface area contributed by atoms with E-state index in [0.29, 0.717) is 5.92 Å². The Balaban J connectivity index is 2.94. The molecule has 0 amide bonds. The molecule has 66 valence electrons. The molecule has 1 rings (SSSR count). The van der Waals surface area contributed by atoms with Crippen molar-refractivity contribution in [3.8, 4) is 0 Å². The van der Waals surface area contributed by atoms with Gasteiger partial charge in [-0.3, -0.25) is 4.79 Å². The van der Waals surface area contributed by atoms with E-state index < -0.39 is 0 Å². The predicted octanol–water partition coefficient (Wildman–Crippen LogP) is 2.27. The summed E-state index contributed by atoms with van der Waals surface area (Å²) in [6.07, 6.45) is 1.81. The minimum Gasteiger partial charge on any atom is -0.315 e. The van der Waals surface area contributed by atoms with Crippen LogP contribution in [0.1, 0.15) is 13.8 Å². The highest BCUT2D eigenvalue weighted by molar-refractivity contribution is 9.10. The van der Waals surface area contributed by atoms with Gasteiger partial charge < -0.3 is 4.57 Å². The average Bonchev–Trinajstić information content (AvgIpc) is 1.94. The van der Waals surface area contributed by atoms with Crippen molar-refractivity contribution >= 4 is 15.9 Å². The van der Waals surface area contributed by atoms with Gasteiger partial charge in [0.15, 0.2) is 0 Å². The quantitative estimate of drug-likeness (QED) is 0.763. The first kappa shape index (κ1) is 9.52. The lowest BCUT2D eigenvalue weighted by molar-refractivity contribution is 0.511. The maximum atomic E-state index is 11.3. The van der Waals surface area contributed by atoms with Crippen molar-refractivity contribution in [2.75, 3.05) is 0 Å². The SMILES string of the molecule is CC(C)Cn1ccc(Br)cc1=O. The summed E-state index contributed by atoms with van der Waals surface area (Å²) in [5.74, 6) is 0.504. The number of halogens is 1. The summed E-state index contributed by atoms with van der Waals surface area (Å²) in [4.78, 5) is 11.3. The van der Waals surface area contributed by atoms with Gasteiger partial charge in [0.05, 0.1) is 0 Å². The van der Waals surface area contributed by atoms with E-state index >= 15 is 0 Å². The number of rotatable bonds is 2. The molecule has 0 bridgehead atoms. The van der Waals surface area contributed by atoms with Crippen molar-refractivity contribution in [3.63, 3.8) is 0 Å². The Kier molecular flexibility index (Phi) is 3.09. The number of pyridine rings is 1. The van der Waals surface area contributed by atoms with Crippen LogP contribution in [0.5, 0.6) is 0 Å². The van der Waals surface area contributed by atoms with Crippen LogP contribution in [0.25, 0.3) is 0 Å². The van der Waals surface area contributed by atoms with E-state index in [1.165, 1.54) is 0 Å². The minimum atomic E-state index is 0.0538. The second-order valence-electron chi connectivity index (χ2n) is 3.23. The summed E-state index contributed by atoms with van der Waals surface area (Å²) < 4.78 is 2.56. The Labute approximate surface area is 80.3 Å². The molecule has 2 nitrogen and oxygen atoms in total. The Morgan fingerprint density at radius 1 is 1.58 bits per heavy atom. The Bertz CT molecular complexity index is 317. The van der Waals surface area contributed by atoms with Crippen LogP contribution in [0.15, 0.2) is 27.6 Å². The molecule has 12 heavy (non-hydrogen) atoms. The third-order valence-electron chi connectivity index (χ3n) is 1.52. The molecular formula is C9H12BrNO. The second kappa shape index (κ2) is 3.90. The van der Waals surface area contributed by atoms with Gasteiger partial charge in [-0.2, -0.15) is 0 Å². The van der Waals surface area contributed by atoms with Crippen LogP contribution in [0.2, 0.25) is 0 Å². The fraction of sp³-hybridized carbons (Fsp3) is 0.444. The van der Waals surface area contributed by atoms with Crippen LogP contribution in [-0.4, -0.2) is 4.57 Å². The summed E-state index contributed by atoms with van der Waals surface area (Å²) in [5.41, 5.74) is 0.0538. The van der Waals surface area contributed by atoms with Gasteiger partial charge in [-0.1, -0.05) is 29.8 Å². The molecule has 0 atom stereocenters. The van der Waals surface area contributed by atoms with Crippen molar-refractivity contribution in [1.82, 2.24) is 4.57 Å². The largest absolute Gasteiger partial charge is 0.315 e. The summed E-state index contributed by atoms with van der Waals surface area (Å²) in [5, 5.41) is 0. The number of hydrogen-bond acceptors (Lipinski definition) is 1. The lowest BCUT2D eigenvalue weighted by Gasteiger charge is -2.07. The van der Waals surface area contributed by atoms with Crippen molar-refractivity contribution < 1.29 is 0 Å². The Morgan fingerprint density at radius 2 is 2.25 bits per heavy atom. The smallest absolute Gasteiger partial charge is 0.251 e. The molecule has 1 aromatic rings. The first-order valence-electron chi connectivity index (χ1n) is 3.95. The van der Waals surface area contributed by atoms with E-state index in [0.717, 1.165) is 11.0 Å². The highest BCUT2D eigenvalue weighted by Crippen LogP contribution is 2.04. The molecule has 0 spiro atoms. The third kappa shape index (κ3) is 2.48. The fourth-order valence-electron chi connectivity index (χ4n) is 1.03. The second-order valence-corrected chi connectivity index (χ2v) is 4.15. The Morgan fingerprint density at radius 3 is 2.75 bits per heavy atom. The van der Waals surface area contributed by atoms with Crippen LogP contribution in [0.4, 0.5) is 0 Å². The molecule has 3 heteroatoms. The van der Waals surface area contributed by atoms with Gasteiger partial charge in [0.1, 0.15) is 0 Å². The number of hydrogen-bond donors (Lipinski definition) is 0. The van der Waals surface area contributed by atoms with Gasteiger partial charge in [0.2, 0.25) is 0 Å². The molecule has 0 radical (unpaired) electrons. The van der Waals surface area contributed by atoms with Gasteiger partial charge in [0.25, 0.3) is 5.56 Å². The van der Waals surface area contributed by atoms with Gasteiger partial charge in [-0.05, 0) is 12.0 Å². The molecule has 0 fully saturated rings. The molecule has 0 aliphatic rings. The van der Waals surface area contributed by atoms with E-state index in [2.05, 4.69) is 29.8 Å². The maximum absolute atomic E-state index is 11.3. The monoisotopic (exact) mass is 229 g/mol. The molecule has 0 aliphatic carbocycles. The van der Waals surface area contributed by atoms with E-state index in [9.17, 15) is 4.79 Å². The Hall–Kier alpha value is -0.570. The third-order valence-corrected chi connectivity index (χ3v) is 2.01. The van der Waals surface area contributed by atoms with Crippen LogP contribution >= 0.6 is 15.9 Å². The predicted molar refractivity (Wildman–Crippen MR) is 53.2 cm³/mol. The zero-order chi connectivity index (χ0) is 9.14. The molecule has 0 unspecified atom stereocenters. The molecule has 0 aliphatic heterocycles. The topological polar surface area (TPSA) is 22.0 Å². The molecule has 0 aromatic carbocycles. The van der Waals surface area contributed by atoms with Crippen LogP contribution < -0.4 is 5.56 Å². The minimum absolute atomic E-state index is 0.0538. The molecule has 1 heterocycles. The zero-order valence-electron chi connectivity index (χ0n) is 7.25. The van der Waals surface area contributed by atoms with Crippen molar-refractivity contribution in [3.05, 3.63) is 33.2 Å². The van der Waals surface area contributed by atoms with Crippen LogP contribution in [-0.2, 0) is 6.54 Å². The van der Waals surface area contributed by atoms with Gasteiger partial charge in [0, 0.05) is 23.3 Å². The molecule has 0 N–H and O–H groups in total. The van der Waals surface area contributed by atoms with Gasteiger partial charge >= 0.3 is 0 Å². The normalized spacial score (nSPS) is 10.7. The van der Waals surface area contributed by atoms with Crippen LogP contribution in [0, 0.1) is 5.92 Å². The number of aromatic nitrogens is 1. The summed E-state index contributed by atoms with van der Waals surface area (Å²) in [6, 6.07) is 3.46. The summed E-state index contributed by atoms with van der Waals surface area (Å²) in [6.45, 7) is 4.97. The molecule has 0 saturated carbocycles. The highest BCUT2D eigenvalue weighted by atomic mass is 79.9. The van der Waals surface area contributed by atoms with Gasteiger partial charge in [-0.25, -0.2) is 0 Å². The van der Waals surface area contributed by atoms with Gasteiger partial charge in [-0.15, -0.1) is 0 Å². The fourth-order valence-corrected chi connectivity index (χ4v) is 1.34. The van der Waals surface area contributed by atoms with E-state index in [1.807, 2.05) is 12.3 Å². The summed E-state index contributed by atoms with van der Waals surface area (Å²) in [7, 11) is 0. The van der Waals surface area contributed by atoms with Crippen LogP contribution in [0.3, 0.4) is 0 Å². The highest BCUT2D eigenvalue weighted by Gasteiger charge is 1.98. The molecule has 0 saturated heterocycles. The standard InChI is InChI=1S/C9H12BrNO/c1-7(2)6-11-4-3-8(10)5-9(11)12/h3-5,7H,6H2,1-2H3. The lowest BCUT2D eigenvalue weighted by Crippen LogP contribution is -2.20. The summed E-state index contributed by atoms with van der Waals surface area (Å²) >= 11 is 3.25.